The Morgan fingerprint density at radius 3 is 2.80 bits per heavy atom. The highest BCUT2D eigenvalue weighted by Gasteiger charge is 2.15. The molecule has 4 heteroatoms. The number of halogens is 1. The summed E-state index contributed by atoms with van der Waals surface area (Å²) in [5, 5.41) is 0.0886. The van der Waals surface area contributed by atoms with E-state index in [2.05, 4.69) is 0 Å². The number of nitrogens with zero attached hydrogens (tertiary/aromatic N) is 1. The van der Waals surface area contributed by atoms with E-state index < -0.39 is 0 Å². The number of hydrogen-bond donors (Lipinski definition) is 0. The zero-order chi connectivity index (χ0) is 11.4. The first-order valence-corrected chi connectivity index (χ1v) is 5.39. The molecule has 0 radical (unpaired) electrons. The third-order valence-corrected chi connectivity index (χ3v) is 2.52. The van der Waals surface area contributed by atoms with Crippen LogP contribution >= 0.6 is 11.6 Å². The molecule has 0 fully saturated rings. The van der Waals surface area contributed by atoms with Gasteiger partial charge in [-0.1, -0.05) is 0 Å². The topological polar surface area (TPSA) is 33.5 Å². The summed E-state index contributed by atoms with van der Waals surface area (Å²) in [5.41, 5.74) is 0.625. The van der Waals surface area contributed by atoms with Crippen LogP contribution in [-0.4, -0.2) is 29.8 Å². The summed E-state index contributed by atoms with van der Waals surface area (Å²) in [6.45, 7) is 4.36. The molecule has 1 aromatic rings. The Balaban J connectivity index is 2.57. The van der Waals surface area contributed by atoms with Crippen molar-refractivity contribution in [1.29, 1.82) is 0 Å². The lowest BCUT2D eigenvalue weighted by Gasteiger charge is -2.17. The first kappa shape index (κ1) is 12.1. The standard InChI is InChI=1S/C11H16ClNO2/c1-8(12)4-6-13(3)11(14)10-5-7-15-9(10)2/h5,7-8H,4,6H2,1-3H3. The molecule has 0 aliphatic rings. The van der Waals surface area contributed by atoms with Crippen LogP contribution < -0.4 is 0 Å². The minimum Gasteiger partial charge on any atom is -0.469 e. The van der Waals surface area contributed by atoms with Crippen molar-refractivity contribution in [2.75, 3.05) is 13.6 Å². The zero-order valence-corrected chi connectivity index (χ0v) is 10.0. The lowest BCUT2D eigenvalue weighted by molar-refractivity contribution is 0.0792. The van der Waals surface area contributed by atoms with Gasteiger partial charge in [0, 0.05) is 19.0 Å². The maximum atomic E-state index is 11.9. The number of carbonyl (C=O) groups excluding carboxylic acids is 1. The van der Waals surface area contributed by atoms with Crippen LogP contribution in [0.2, 0.25) is 0 Å². The van der Waals surface area contributed by atoms with Crippen molar-refractivity contribution in [1.82, 2.24) is 4.90 Å². The average molecular weight is 230 g/mol. The molecule has 3 nitrogen and oxygen atoms in total. The van der Waals surface area contributed by atoms with Gasteiger partial charge in [-0.2, -0.15) is 0 Å². The minimum absolute atomic E-state index is 0.0152. The summed E-state index contributed by atoms with van der Waals surface area (Å²) in [6, 6.07) is 1.69. The number of hydrogen-bond acceptors (Lipinski definition) is 2. The van der Waals surface area contributed by atoms with Gasteiger partial charge in [-0.25, -0.2) is 0 Å². The van der Waals surface area contributed by atoms with Crippen molar-refractivity contribution >= 4 is 17.5 Å². The molecular formula is C11H16ClNO2. The molecule has 0 bridgehead atoms. The number of alkyl halides is 1. The molecule has 0 saturated carbocycles. The van der Waals surface area contributed by atoms with Crippen molar-refractivity contribution in [3.8, 4) is 0 Å². The number of furan rings is 1. The van der Waals surface area contributed by atoms with Crippen LogP contribution in [0.3, 0.4) is 0 Å². The summed E-state index contributed by atoms with van der Waals surface area (Å²) in [6.07, 6.45) is 2.32. The Morgan fingerprint density at radius 1 is 1.67 bits per heavy atom. The third-order valence-electron chi connectivity index (χ3n) is 2.30. The third kappa shape index (κ3) is 3.27. The highest BCUT2D eigenvalue weighted by molar-refractivity contribution is 6.20. The molecule has 1 unspecified atom stereocenters. The summed E-state index contributed by atoms with van der Waals surface area (Å²) >= 11 is 5.83. The monoisotopic (exact) mass is 229 g/mol. The minimum atomic E-state index is -0.0152. The summed E-state index contributed by atoms with van der Waals surface area (Å²) in [5.74, 6) is 0.643. The molecule has 84 valence electrons. The molecule has 1 heterocycles. The number of amides is 1. The quantitative estimate of drug-likeness (QED) is 0.744. The first-order chi connectivity index (χ1) is 7.02. The van der Waals surface area contributed by atoms with Gasteiger partial charge in [-0.05, 0) is 26.3 Å². The van der Waals surface area contributed by atoms with Crippen LogP contribution in [0.25, 0.3) is 0 Å². The fourth-order valence-electron chi connectivity index (χ4n) is 1.29. The van der Waals surface area contributed by atoms with Gasteiger partial charge in [0.15, 0.2) is 0 Å². The fraction of sp³-hybridized carbons (Fsp3) is 0.545. The van der Waals surface area contributed by atoms with E-state index in [1.54, 1.807) is 24.9 Å². The second kappa shape index (κ2) is 5.21. The largest absolute Gasteiger partial charge is 0.469 e. The van der Waals surface area contributed by atoms with Gasteiger partial charge in [0.1, 0.15) is 5.76 Å². The molecule has 0 aliphatic carbocycles. The smallest absolute Gasteiger partial charge is 0.257 e. The summed E-state index contributed by atoms with van der Waals surface area (Å²) in [7, 11) is 1.77. The molecule has 1 aromatic heterocycles. The van der Waals surface area contributed by atoms with Gasteiger partial charge in [-0.15, -0.1) is 11.6 Å². The molecule has 0 saturated heterocycles. The van der Waals surface area contributed by atoms with E-state index in [0.29, 0.717) is 17.9 Å². The molecule has 15 heavy (non-hydrogen) atoms. The molecule has 0 aromatic carbocycles. The van der Waals surface area contributed by atoms with Gasteiger partial charge in [0.25, 0.3) is 5.91 Å². The Labute approximate surface area is 95.0 Å². The fourth-order valence-corrected chi connectivity index (χ4v) is 1.38. The highest BCUT2D eigenvalue weighted by atomic mass is 35.5. The van der Waals surface area contributed by atoms with Crippen molar-refractivity contribution in [2.24, 2.45) is 0 Å². The normalized spacial score (nSPS) is 12.5. The Kier molecular flexibility index (Phi) is 4.21. The van der Waals surface area contributed by atoms with Crippen LogP contribution in [0.5, 0.6) is 0 Å². The van der Waals surface area contributed by atoms with Crippen molar-refractivity contribution in [2.45, 2.75) is 25.6 Å². The van der Waals surface area contributed by atoms with E-state index in [-0.39, 0.29) is 11.3 Å². The predicted octanol–water partition coefficient (Wildman–Crippen LogP) is 2.68. The van der Waals surface area contributed by atoms with Crippen LogP contribution in [0.15, 0.2) is 16.7 Å². The number of aryl methyl sites for hydroxylation is 1. The number of rotatable bonds is 4. The Bertz CT molecular complexity index is 333. The second-order valence-electron chi connectivity index (χ2n) is 3.69. The van der Waals surface area contributed by atoms with Crippen LogP contribution in [0.1, 0.15) is 29.5 Å². The van der Waals surface area contributed by atoms with Gasteiger partial charge in [0.2, 0.25) is 0 Å². The second-order valence-corrected chi connectivity index (χ2v) is 4.43. The van der Waals surface area contributed by atoms with E-state index in [1.807, 2.05) is 6.92 Å². The maximum absolute atomic E-state index is 11.9. The highest BCUT2D eigenvalue weighted by Crippen LogP contribution is 2.12. The lowest BCUT2D eigenvalue weighted by atomic mass is 10.2. The van der Waals surface area contributed by atoms with Crippen LogP contribution in [0, 0.1) is 6.92 Å². The molecule has 0 spiro atoms. The molecule has 1 amide bonds. The molecule has 1 atom stereocenters. The molecule has 0 aliphatic heterocycles. The van der Waals surface area contributed by atoms with Crippen molar-refractivity contribution in [3.63, 3.8) is 0 Å². The maximum Gasteiger partial charge on any atom is 0.257 e. The van der Waals surface area contributed by atoms with Gasteiger partial charge >= 0.3 is 0 Å². The first-order valence-electron chi connectivity index (χ1n) is 4.96. The SMILES string of the molecule is Cc1occc1C(=O)N(C)CCC(C)Cl. The molecular weight excluding hydrogens is 214 g/mol. The van der Waals surface area contributed by atoms with Crippen molar-refractivity contribution in [3.05, 3.63) is 23.7 Å². The average Bonchev–Trinajstić information content (AvgIpc) is 2.59. The van der Waals surface area contributed by atoms with E-state index >= 15 is 0 Å². The van der Waals surface area contributed by atoms with E-state index in [4.69, 9.17) is 16.0 Å². The Morgan fingerprint density at radius 2 is 2.33 bits per heavy atom. The summed E-state index contributed by atoms with van der Waals surface area (Å²) < 4.78 is 5.09. The van der Waals surface area contributed by atoms with E-state index in [1.165, 1.54) is 6.26 Å². The summed E-state index contributed by atoms with van der Waals surface area (Å²) in [4.78, 5) is 13.5. The molecule has 1 rings (SSSR count). The van der Waals surface area contributed by atoms with Gasteiger partial charge in [0.05, 0.1) is 11.8 Å². The zero-order valence-electron chi connectivity index (χ0n) is 9.29. The number of carbonyl (C=O) groups is 1. The Hall–Kier alpha value is -0.960. The predicted molar refractivity (Wildman–Crippen MR) is 60.3 cm³/mol. The lowest BCUT2D eigenvalue weighted by Crippen LogP contribution is -2.28. The van der Waals surface area contributed by atoms with Gasteiger partial charge < -0.3 is 9.32 Å². The van der Waals surface area contributed by atoms with E-state index in [0.717, 1.165) is 6.42 Å². The van der Waals surface area contributed by atoms with Crippen molar-refractivity contribution < 1.29 is 9.21 Å². The van der Waals surface area contributed by atoms with Crippen LogP contribution in [0.4, 0.5) is 0 Å². The van der Waals surface area contributed by atoms with E-state index in [9.17, 15) is 4.79 Å². The molecule has 0 N–H and O–H groups in total. The van der Waals surface area contributed by atoms with Crippen LogP contribution in [-0.2, 0) is 0 Å². The van der Waals surface area contributed by atoms with Gasteiger partial charge in [-0.3, -0.25) is 4.79 Å².